The standard InChI is InChI=1S/C24H18ClFN2O3/c1-28(12-17-18(25)9-5-10-19(17)26)13-21(29)27-20-11-4-8-16-22(20)24(31)15-7-3-2-6-14(15)23(16)30/h2-11H,12-13H2,1H3,(H,27,29). The van der Waals surface area contributed by atoms with Gasteiger partial charge in [0.15, 0.2) is 11.6 Å². The molecule has 0 fully saturated rings. The van der Waals surface area contributed by atoms with Gasteiger partial charge in [-0.1, -0.05) is 54.1 Å². The van der Waals surface area contributed by atoms with E-state index in [4.69, 9.17) is 11.6 Å². The summed E-state index contributed by atoms with van der Waals surface area (Å²) < 4.78 is 14.0. The summed E-state index contributed by atoms with van der Waals surface area (Å²) in [6.07, 6.45) is 0. The number of carbonyl (C=O) groups is 3. The average molecular weight is 437 g/mol. The van der Waals surface area contributed by atoms with E-state index in [0.717, 1.165) is 0 Å². The fourth-order valence-electron chi connectivity index (χ4n) is 3.69. The number of fused-ring (bicyclic) bond motifs is 2. The van der Waals surface area contributed by atoms with E-state index < -0.39 is 11.7 Å². The Morgan fingerprint density at radius 3 is 2.29 bits per heavy atom. The smallest absolute Gasteiger partial charge is 0.238 e. The Morgan fingerprint density at radius 1 is 0.935 bits per heavy atom. The Morgan fingerprint density at radius 2 is 1.58 bits per heavy atom. The van der Waals surface area contributed by atoms with E-state index in [-0.39, 0.29) is 46.5 Å². The molecule has 1 aliphatic rings. The summed E-state index contributed by atoms with van der Waals surface area (Å²) in [5.74, 6) is -1.41. The third-order valence-electron chi connectivity index (χ3n) is 5.13. The van der Waals surface area contributed by atoms with Crippen molar-refractivity contribution in [1.29, 1.82) is 0 Å². The molecule has 0 atom stereocenters. The Balaban J connectivity index is 1.54. The van der Waals surface area contributed by atoms with Crippen LogP contribution < -0.4 is 5.32 Å². The van der Waals surface area contributed by atoms with Crippen LogP contribution in [0.5, 0.6) is 0 Å². The van der Waals surface area contributed by atoms with Crippen LogP contribution in [0.25, 0.3) is 0 Å². The van der Waals surface area contributed by atoms with Gasteiger partial charge in [0.1, 0.15) is 5.82 Å². The van der Waals surface area contributed by atoms with Gasteiger partial charge < -0.3 is 5.32 Å². The van der Waals surface area contributed by atoms with E-state index in [1.165, 1.54) is 12.1 Å². The van der Waals surface area contributed by atoms with E-state index in [9.17, 15) is 18.8 Å². The van der Waals surface area contributed by atoms with Crippen LogP contribution in [0, 0.1) is 5.82 Å². The third-order valence-corrected chi connectivity index (χ3v) is 5.48. The lowest BCUT2D eigenvalue weighted by atomic mass is 9.83. The number of likely N-dealkylation sites (N-methyl/N-ethyl adjacent to an activating group) is 1. The van der Waals surface area contributed by atoms with Gasteiger partial charge in [0.25, 0.3) is 0 Å². The van der Waals surface area contributed by atoms with Gasteiger partial charge in [-0.05, 0) is 25.2 Å². The van der Waals surface area contributed by atoms with Gasteiger partial charge in [-0.15, -0.1) is 0 Å². The number of carbonyl (C=O) groups excluding carboxylic acids is 3. The molecule has 0 spiro atoms. The molecule has 3 aromatic rings. The Bertz CT molecular complexity index is 1200. The zero-order chi connectivity index (χ0) is 22.1. The molecule has 5 nitrogen and oxygen atoms in total. The van der Waals surface area contributed by atoms with E-state index >= 15 is 0 Å². The topological polar surface area (TPSA) is 66.5 Å². The molecule has 3 aromatic carbocycles. The van der Waals surface area contributed by atoms with Crippen LogP contribution in [-0.4, -0.2) is 36.0 Å². The molecule has 0 radical (unpaired) electrons. The molecular weight excluding hydrogens is 419 g/mol. The number of halogens is 2. The number of amides is 1. The lowest BCUT2D eigenvalue weighted by molar-refractivity contribution is -0.117. The normalized spacial score (nSPS) is 12.5. The SMILES string of the molecule is CN(CC(=O)Nc1cccc2c1C(=O)c1ccccc1C2=O)Cc1c(F)cccc1Cl. The summed E-state index contributed by atoms with van der Waals surface area (Å²) in [4.78, 5) is 40.1. The van der Waals surface area contributed by atoms with Crippen molar-refractivity contribution in [3.8, 4) is 0 Å². The molecule has 1 N–H and O–H groups in total. The molecule has 1 amide bonds. The second kappa shape index (κ2) is 8.41. The second-order valence-corrected chi connectivity index (χ2v) is 7.76. The van der Waals surface area contributed by atoms with Crippen LogP contribution in [0.15, 0.2) is 60.7 Å². The maximum absolute atomic E-state index is 14.0. The molecule has 0 aromatic heterocycles. The number of hydrogen-bond acceptors (Lipinski definition) is 4. The minimum absolute atomic E-state index is 0.0624. The molecule has 0 bridgehead atoms. The summed E-state index contributed by atoms with van der Waals surface area (Å²) in [6, 6.07) is 15.8. The summed E-state index contributed by atoms with van der Waals surface area (Å²) in [5, 5.41) is 3.00. The largest absolute Gasteiger partial charge is 0.324 e. The Hall–Kier alpha value is -3.35. The third kappa shape index (κ3) is 4.00. The number of rotatable bonds is 5. The first-order valence-electron chi connectivity index (χ1n) is 9.59. The molecule has 4 rings (SSSR count). The summed E-state index contributed by atoms with van der Waals surface area (Å²) in [7, 11) is 1.66. The molecule has 0 heterocycles. The molecular formula is C24H18ClFN2O3. The maximum Gasteiger partial charge on any atom is 0.238 e. The van der Waals surface area contributed by atoms with Gasteiger partial charge in [-0.25, -0.2) is 4.39 Å². The predicted molar refractivity (Wildman–Crippen MR) is 116 cm³/mol. The van der Waals surface area contributed by atoms with Crippen molar-refractivity contribution in [2.75, 3.05) is 18.9 Å². The van der Waals surface area contributed by atoms with E-state index in [2.05, 4.69) is 5.32 Å². The number of nitrogens with one attached hydrogen (secondary N) is 1. The van der Waals surface area contributed by atoms with Gasteiger partial charge >= 0.3 is 0 Å². The van der Waals surface area contributed by atoms with E-state index in [1.807, 2.05) is 0 Å². The highest BCUT2D eigenvalue weighted by Crippen LogP contribution is 2.32. The number of hydrogen-bond donors (Lipinski definition) is 1. The van der Waals surface area contributed by atoms with Crippen LogP contribution in [-0.2, 0) is 11.3 Å². The highest BCUT2D eigenvalue weighted by molar-refractivity contribution is 6.31. The molecule has 156 valence electrons. The lowest BCUT2D eigenvalue weighted by Crippen LogP contribution is -2.31. The molecule has 1 aliphatic carbocycles. The van der Waals surface area contributed by atoms with Gasteiger partial charge in [0, 0.05) is 33.8 Å². The van der Waals surface area contributed by atoms with E-state index in [0.29, 0.717) is 16.7 Å². The van der Waals surface area contributed by atoms with Gasteiger partial charge in [-0.2, -0.15) is 0 Å². The first-order valence-corrected chi connectivity index (χ1v) is 9.97. The summed E-state index contributed by atoms with van der Waals surface area (Å²) >= 11 is 6.05. The first-order chi connectivity index (χ1) is 14.9. The minimum Gasteiger partial charge on any atom is -0.324 e. The molecule has 31 heavy (non-hydrogen) atoms. The highest BCUT2D eigenvalue weighted by Gasteiger charge is 2.31. The van der Waals surface area contributed by atoms with Gasteiger partial charge in [0.2, 0.25) is 5.91 Å². The van der Waals surface area contributed by atoms with Crippen molar-refractivity contribution in [2.24, 2.45) is 0 Å². The summed E-state index contributed by atoms with van der Waals surface area (Å²) in [5.41, 5.74) is 1.67. The summed E-state index contributed by atoms with van der Waals surface area (Å²) in [6.45, 7) is 0.0731. The maximum atomic E-state index is 14.0. The molecule has 7 heteroatoms. The van der Waals surface area contributed by atoms with Crippen LogP contribution >= 0.6 is 11.6 Å². The zero-order valence-electron chi connectivity index (χ0n) is 16.6. The fraction of sp³-hybridized carbons (Fsp3) is 0.125. The van der Waals surface area contributed by atoms with Crippen LogP contribution in [0.3, 0.4) is 0 Å². The number of nitrogens with zero attached hydrogens (tertiary/aromatic N) is 1. The van der Waals surface area contributed by atoms with Crippen molar-refractivity contribution >= 4 is 34.8 Å². The lowest BCUT2D eigenvalue weighted by Gasteiger charge is -2.21. The quantitative estimate of drug-likeness (QED) is 0.506. The van der Waals surface area contributed by atoms with Crippen molar-refractivity contribution in [3.63, 3.8) is 0 Å². The minimum atomic E-state index is -0.445. The first kappa shape index (κ1) is 20.9. The fourth-order valence-corrected chi connectivity index (χ4v) is 3.92. The van der Waals surface area contributed by atoms with E-state index in [1.54, 1.807) is 60.5 Å². The zero-order valence-corrected chi connectivity index (χ0v) is 17.4. The van der Waals surface area contributed by atoms with Crippen molar-refractivity contribution < 1.29 is 18.8 Å². The second-order valence-electron chi connectivity index (χ2n) is 7.35. The number of ketones is 2. The number of benzene rings is 3. The predicted octanol–water partition coefficient (Wildman–Crippen LogP) is 4.33. The van der Waals surface area contributed by atoms with Crippen molar-refractivity contribution in [3.05, 3.63) is 99.3 Å². The van der Waals surface area contributed by atoms with Crippen LogP contribution in [0.4, 0.5) is 10.1 Å². The molecule has 0 saturated heterocycles. The van der Waals surface area contributed by atoms with Gasteiger partial charge in [0.05, 0.1) is 17.8 Å². The molecule has 0 unspecified atom stereocenters. The average Bonchev–Trinajstić information content (AvgIpc) is 2.74. The molecule has 0 aliphatic heterocycles. The van der Waals surface area contributed by atoms with Crippen molar-refractivity contribution in [2.45, 2.75) is 6.54 Å². The highest BCUT2D eigenvalue weighted by atomic mass is 35.5. The van der Waals surface area contributed by atoms with Crippen LogP contribution in [0.1, 0.15) is 37.4 Å². The Labute approximate surface area is 183 Å². The van der Waals surface area contributed by atoms with Crippen LogP contribution in [0.2, 0.25) is 5.02 Å². The van der Waals surface area contributed by atoms with Gasteiger partial charge in [-0.3, -0.25) is 19.3 Å². The van der Waals surface area contributed by atoms with Crippen molar-refractivity contribution in [1.82, 2.24) is 4.90 Å². The Kier molecular flexibility index (Phi) is 5.67. The molecule has 0 saturated carbocycles. The monoisotopic (exact) mass is 436 g/mol. The number of anilines is 1.